The van der Waals surface area contributed by atoms with Gasteiger partial charge in [0.15, 0.2) is 11.6 Å². The van der Waals surface area contributed by atoms with Crippen LogP contribution in [0.4, 0.5) is 27.5 Å². The van der Waals surface area contributed by atoms with Crippen molar-refractivity contribution in [3.8, 4) is 5.75 Å². The third kappa shape index (κ3) is 4.01. The van der Waals surface area contributed by atoms with Crippen LogP contribution >= 0.6 is 0 Å². The van der Waals surface area contributed by atoms with Crippen LogP contribution in [0.5, 0.6) is 5.75 Å². The Kier molecular flexibility index (Phi) is 4.76. The average Bonchev–Trinajstić information content (AvgIpc) is 3.13. The molecule has 0 saturated carbocycles. The van der Waals surface area contributed by atoms with Gasteiger partial charge >= 0.3 is 0 Å². The maximum Gasteiger partial charge on any atom is 0.229 e. The minimum absolute atomic E-state index is 0.0828. The topological polar surface area (TPSA) is 87.8 Å². The minimum Gasteiger partial charge on any atom is -0.491 e. The van der Waals surface area contributed by atoms with Crippen molar-refractivity contribution in [1.29, 1.82) is 0 Å². The van der Waals surface area contributed by atoms with E-state index in [0.29, 0.717) is 5.69 Å². The van der Waals surface area contributed by atoms with Crippen molar-refractivity contribution in [3.05, 3.63) is 60.7 Å². The van der Waals surface area contributed by atoms with E-state index in [-0.39, 0.29) is 17.9 Å². The summed E-state index contributed by atoms with van der Waals surface area (Å²) in [5.74, 6) is 0.574. The quantitative estimate of drug-likeness (QED) is 0.448. The number of nitrogens with one attached hydrogen (secondary N) is 3. The molecule has 2 aromatic carbocycles. The van der Waals surface area contributed by atoms with Gasteiger partial charge in [-0.15, -0.1) is 0 Å². The van der Waals surface area contributed by atoms with Gasteiger partial charge in [0.1, 0.15) is 5.75 Å². The third-order valence-corrected chi connectivity index (χ3v) is 3.93. The fourth-order valence-corrected chi connectivity index (χ4v) is 2.69. The van der Waals surface area contributed by atoms with Crippen molar-refractivity contribution < 1.29 is 9.13 Å². The average molecular weight is 378 g/mol. The van der Waals surface area contributed by atoms with Gasteiger partial charge in [-0.05, 0) is 56.3 Å². The molecule has 142 valence electrons. The summed E-state index contributed by atoms with van der Waals surface area (Å²) in [6, 6.07) is 12.9. The minimum atomic E-state index is -0.543. The number of ether oxygens (including phenoxy) is 1. The van der Waals surface area contributed by atoms with Crippen LogP contribution in [0.3, 0.4) is 0 Å². The molecule has 0 unspecified atom stereocenters. The fourth-order valence-electron chi connectivity index (χ4n) is 2.69. The van der Waals surface area contributed by atoms with Gasteiger partial charge in [0.2, 0.25) is 5.95 Å². The van der Waals surface area contributed by atoms with Gasteiger partial charge in [0.25, 0.3) is 0 Å². The van der Waals surface area contributed by atoms with E-state index in [0.717, 1.165) is 28.5 Å². The van der Waals surface area contributed by atoms with E-state index < -0.39 is 5.82 Å². The van der Waals surface area contributed by atoms with Gasteiger partial charge in [-0.3, -0.25) is 5.10 Å². The highest BCUT2D eigenvalue weighted by Gasteiger charge is 2.09. The lowest BCUT2D eigenvalue weighted by molar-refractivity contribution is 0.242. The Hall–Kier alpha value is -3.68. The lowest BCUT2D eigenvalue weighted by atomic mass is 10.2. The number of aromatic nitrogens is 4. The molecule has 0 amide bonds. The summed E-state index contributed by atoms with van der Waals surface area (Å²) in [7, 11) is 0. The van der Waals surface area contributed by atoms with Crippen LogP contribution in [-0.2, 0) is 0 Å². The summed E-state index contributed by atoms with van der Waals surface area (Å²) in [5, 5.41) is 13.9. The SMILES string of the molecule is CC(C)Oc1ccc(Nc2nc(Nc3ccc4[nH]ncc4c3)ncc2F)cc1. The first kappa shape index (κ1) is 17.7. The molecule has 3 N–H and O–H groups in total. The standard InChI is InChI=1S/C20H19FN6O/c1-12(2)28-16-6-3-14(4-7-16)24-19-17(21)11-22-20(26-19)25-15-5-8-18-13(9-15)10-23-27-18/h3-12H,1-2H3,(H,23,27)(H2,22,24,25,26). The smallest absolute Gasteiger partial charge is 0.229 e. The van der Waals surface area contributed by atoms with Crippen LogP contribution in [0.2, 0.25) is 0 Å². The van der Waals surface area contributed by atoms with E-state index >= 15 is 0 Å². The molecule has 0 bridgehead atoms. The zero-order valence-electron chi connectivity index (χ0n) is 15.4. The van der Waals surface area contributed by atoms with E-state index in [9.17, 15) is 4.39 Å². The zero-order chi connectivity index (χ0) is 19.5. The molecule has 0 atom stereocenters. The summed E-state index contributed by atoms with van der Waals surface area (Å²) >= 11 is 0. The molecule has 0 fully saturated rings. The number of benzene rings is 2. The van der Waals surface area contributed by atoms with Crippen molar-refractivity contribution in [2.75, 3.05) is 10.6 Å². The number of anilines is 4. The molecule has 0 spiro atoms. The molecule has 0 aliphatic rings. The highest BCUT2D eigenvalue weighted by Crippen LogP contribution is 2.24. The van der Waals surface area contributed by atoms with E-state index in [2.05, 4.69) is 30.8 Å². The van der Waals surface area contributed by atoms with Crippen LogP contribution in [0.1, 0.15) is 13.8 Å². The molecular weight excluding hydrogens is 359 g/mol. The maximum absolute atomic E-state index is 14.2. The van der Waals surface area contributed by atoms with Crippen molar-refractivity contribution in [1.82, 2.24) is 20.2 Å². The van der Waals surface area contributed by atoms with Gasteiger partial charge in [0, 0.05) is 16.8 Å². The highest BCUT2D eigenvalue weighted by molar-refractivity contribution is 5.82. The molecule has 0 saturated heterocycles. The van der Waals surface area contributed by atoms with E-state index in [1.54, 1.807) is 18.3 Å². The van der Waals surface area contributed by atoms with E-state index in [4.69, 9.17) is 4.74 Å². The fraction of sp³-hybridized carbons (Fsp3) is 0.150. The Labute approximate surface area is 161 Å². The molecule has 4 rings (SSSR count). The number of halogens is 1. The largest absolute Gasteiger partial charge is 0.491 e. The van der Waals surface area contributed by atoms with E-state index in [1.807, 2.05) is 44.2 Å². The van der Waals surface area contributed by atoms with Crippen molar-refractivity contribution >= 4 is 34.0 Å². The van der Waals surface area contributed by atoms with Crippen LogP contribution in [-0.4, -0.2) is 26.3 Å². The van der Waals surface area contributed by atoms with Crippen LogP contribution in [0.25, 0.3) is 10.9 Å². The van der Waals surface area contributed by atoms with Crippen molar-refractivity contribution in [2.45, 2.75) is 20.0 Å². The summed E-state index contributed by atoms with van der Waals surface area (Å²) in [6.45, 7) is 3.92. The molecule has 8 heteroatoms. The molecule has 0 aliphatic carbocycles. The van der Waals surface area contributed by atoms with Crippen molar-refractivity contribution in [3.63, 3.8) is 0 Å². The molecule has 28 heavy (non-hydrogen) atoms. The van der Waals surface area contributed by atoms with Crippen molar-refractivity contribution in [2.24, 2.45) is 0 Å². The maximum atomic E-state index is 14.2. The van der Waals surface area contributed by atoms with Gasteiger partial charge in [0.05, 0.1) is 24.0 Å². The molecule has 2 aromatic heterocycles. The summed E-state index contributed by atoms with van der Waals surface area (Å²) < 4.78 is 19.8. The Morgan fingerprint density at radius 2 is 1.79 bits per heavy atom. The normalized spacial score (nSPS) is 11.0. The monoisotopic (exact) mass is 378 g/mol. The molecule has 0 radical (unpaired) electrons. The lowest BCUT2D eigenvalue weighted by Gasteiger charge is -2.12. The first-order chi connectivity index (χ1) is 13.6. The van der Waals surface area contributed by atoms with Gasteiger partial charge in [-0.25, -0.2) is 9.37 Å². The van der Waals surface area contributed by atoms with Gasteiger partial charge in [-0.2, -0.15) is 10.1 Å². The predicted molar refractivity (Wildman–Crippen MR) is 107 cm³/mol. The number of aromatic amines is 1. The molecule has 0 aliphatic heterocycles. The summed E-state index contributed by atoms with van der Waals surface area (Å²) in [5.41, 5.74) is 2.40. The molecule has 2 heterocycles. The first-order valence-corrected chi connectivity index (χ1v) is 8.83. The lowest BCUT2D eigenvalue weighted by Crippen LogP contribution is -2.05. The summed E-state index contributed by atoms with van der Waals surface area (Å²) in [6.07, 6.45) is 2.95. The molecular formula is C20H19FN6O. The predicted octanol–water partition coefficient (Wildman–Crippen LogP) is 4.77. The number of nitrogens with zero attached hydrogens (tertiary/aromatic N) is 3. The number of hydrogen-bond donors (Lipinski definition) is 3. The van der Waals surface area contributed by atoms with Gasteiger partial charge in [-0.1, -0.05) is 0 Å². The number of rotatable bonds is 6. The Morgan fingerprint density at radius 3 is 2.57 bits per heavy atom. The highest BCUT2D eigenvalue weighted by atomic mass is 19.1. The Bertz CT molecular complexity index is 1090. The summed E-state index contributed by atoms with van der Waals surface area (Å²) in [4.78, 5) is 8.25. The second kappa shape index (κ2) is 7.51. The van der Waals surface area contributed by atoms with Crippen LogP contribution in [0.15, 0.2) is 54.9 Å². The van der Waals surface area contributed by atoms with E-state index in [1.165, 1.54) is 0 Å². The van der Waals surface area contributed by atoms with Gasteiger partial charge < -0.3 is 15.4 Å². The number of hydrogen-bond acceptors (Lipinski definition) is 6. The molecule has 4 aromatic rings. The Morgan fingerprint density at radius 1 is 1.00 bits per heavy atom. The second-order valence-electron chi connectivity index (χ2n) is 6.50. The zero-order valence-corrected chi connectivity index (χ0v) is 15.4. The Balaban J connectivity index is 1.51. The third-order valence-electron chi connectivity index (χ3n) is 3.93. The van der Waals surface area contributed by atoms with Crippen LogP contribution in [0, 0.1) is 5.82 Å². The second-order valence-corrected chi connectivity index (χ2v) is 6.50. The number of H-pyrrole nitrogens is 1. The number of fused-ring (bicyclic) bond motifs is 1. The van der Waals surface area contributed by atoms with Crippen LogP contribution < -0.4 is 15.4 Å². The first-order valence-electron chi connectivity index (χ1n) is 8.83. The molecule has 7 nitrogen and oxygen atoms in total.